The monoisotopic (exact) mass is 663 g/mol. The highest BCUT2D eigenvalue weighted by molar-refractivity contribution is 6.36. The number of amides is 3. The van der Waals surface area contributed by atoms with Crippen LogP contribution in [0.1, 0.15) is 31.7 Å². The highest BCUT2D eigenvalue weighted by Crippen LogP contribution is 2.27. The van der Waals surface area contributed by atoms with E-state index in [1.54, 1.807) is 6.92 Å². The van der Waals surface area contributed by atoms with E-state index in [4.69, 9.17) is 28.9 Å². The Kier molecular flexibility index (Phi) is 12.6. The summed E-state index contributed by atoms with van der Waals surface area (Å²) in [6, 6.07) is 16.3. The third-order valence-electron chi connectivity index (χ3n) is 7.57. The number of aryl methyl sites for hydroxylation is 1. The normalized spacial score (nSPS) is 14.3. The number of aromatic nitrogens is 2. The van der Waals surface area contributed by atoms with Crippen LogP contribution in [0, 0.1) is 0 Å². The molecule has 3 aromatic rings. The molecule has 1 aromatic heterocycles. The van der Waals surface area contributed by atoms with Gasteiger partial charge in [0.05, 0.1) is 27.9 Å². The molecule has 0 atom stereocenters. The Hall–Kier alpha value is -4.38. The van der Waals surface area contributed by atoms with Crippen molar-refractivity contribution in [2.75, 3.05) is 31.5 Å². The lowest BCUT2D eigenvalue weighted by Gasteiger charge is -2.26. The van der Waals surface area contributed by atoms with Crippen molar-refractivity contribution in [1.29, 1.82) is 0 Å². The highest BCUT2D eigenvalue weighted by atomic mass is 35.5. The highest BCUT2D eigenvalue weighted by Gasteiger charge is 2.16. The number of allylic oxidation sites excluding steroid dienone is 3. The topological polar surface area (TPSA) is 134 Å². The summed E-state index contributed by atoms with van der Waals surface area (Å²) < 4.78 is 1.27. The van der Waals surface area contributed by atoms with Crippen LogP contribution in [0.5, 0.6) is 0 Å². The van der Waals surface area contributed by atoms with Gasteiger partial charge in [-0.2, -0.15) is 5.10 Å². The first kappa shape index (κ1) is 34.5. The molecule has 1 fully saturated rings. The van der Waals surface area contributed by atoms with Gasteiger partial charge in [-0.05, 0) is 67.8 Å². The maximum Gasteiger partial charge on any atom is 0.323 e. The van der Waals surface area contributed by atoms with Crippen LogP contribution in [0.15, 0.2) is 94.0 Å². The van der Waals surface area contributed by atoms with Gasteiger partial charge in [0, 0.05) is 31.4 Å². The van der Waals surface area contributed by atoms with E-state index in [1.165, 1.54) is 36.1 Å². The van der Waals surface area contributed by atoms with E-state index < -0.39 is 11.6 Å². The van der Waals surface area contributed by atoms with Gasteiger partial charge >= 0.3 is 6.03 Å². The molecule has 242 valence electrons. The van der Waals surface area contributed by atoms with E-state index in [1.807, 2.05) is 48.5 Å². The first-order valence-electron chi connectivity index (χ1n) is 15.2. The van der Waals surface area contributed by atoms with Gasteiger partial charge in [-0.3, -0.25) is 9.59 Å². The summed E-state index contributed by atoms with van der Waals surface area (Å²) >= 11 is 12.2. The summed E-state index contributed by atoms with van der Waals surface area (Å²) in [5, 5.41) is 12.7. The van der Waals surface area contributed by atoms with Gasteiger partial charge in [0.2, 0.25) is 5.91 Å². The van der Waals surface area contributed by atoms with E-state index in [9.17, 15) is 14.4 Å². The number of carbonyl (C=O) groups is 2. The van der Waals surface area contributed by atoms with E-state index >= 15 is 0 Å². The molecular weight excluding hydrogens is 625 g/mol. The Morgan fingerprint density at radius 3 is 2.41 bits per heavy atom. The van der Waals surface area contributed by atoms with Crippen molar-refractivity contribution in [3.63, 3.8) is 0 Å². The minimum atomic E-state index is -0.753. The average Bonchev–Trinajstić information content (AvgIpc) is 3.08. The summed E-state index contributed by atoms with van der Waals surface area (Å²) in [6.07, 6.45) is 6.45. The molecule has 1 aliphatic heterocycles. The zero-order valence-corrected chi connectivity index (χ0v) is 27.3. The number of piperidine rings is 1. The second-order valence-corrected chi connectivity index (χ2v) is 11.6. The van der Waals surface area contributed by atoms with Crippen LogP contribution in [0.25, 0.3) is 22.4 Å². The molecule has 0 bridgehead atoms. The van der Waals surface area contributed by atoms with Crippen LogP contribution in [0.4, 0.5) is 10.5 Å². The summed E-state index contributed by atoms with van der Waals surface area (Å²) in [5.41, 5.74) is 9.09. The van der Waals surface area contributed by atoms with Crippen molar-refractivity contribution in [3.8, 4) is 22.4 Å². The molecule has 0 aliphatic carbocycles. The van der Waals surface area contributed by atoms with Crippen LogP contribution >= 0.6 is 23.2 Å². The van der Waals surface area contributed by atoms with Crippen molar-refractivity contribution in [2.24, 2.45) is 5.73 Å². The van der Waals surface area contributed by atoms with Gasteiger partial charge < -0.3 is 26.6 Å². The first-order chi connectivity index (χ1) is 22.2. The standard InChI is InChI=1S/C34H39Cl2N7O3/c1-3-27(35)32(28(36)22-37)40-34(46)39-30-21-29(41-43(4-2)33(30)45)26-10-8-9-25(20-26)24-13-11-23(12-14-24)19-31(44)38-15-18-42-16-6-5-7-17-42/h3,8-14,20-22H,1,4-7,15-19,37H2,2H3,(H,38,44)(H2,39,40,46)/b28-22+,32-27-. The molecule has 1 saturated heterocycles. The largest absolute Gasteiger partial charge is 0.403 e. The second-order valence-electron chi connectivity index (χ2n) is 10.8. The van der Waals surface area contributed by atoms with Crippen molar-refractivity contribution in [3.05, 3.63) is 105 Å². The fourth-order valence-electron chi connectivity index (χ4n) is 5.13. The minimum Gasteiger partial charge on any atom is -0.403 e. The van der Waals surface area contributed by atoms with Crippen molar-refractivity contribution in [1.82, 2.24) is 25.3 Å². The van der Waals surface area contributed by atoms with Crippen LogP contribution in [0.2, 0.25) is 0 Å². The number of anilines is 1. The zero-order valence-electron chi connectivity index (χ0n) is 25.8. The number of nitrogens with two attached hydrogens (primary N) is 1. The summed E-state index contributed by atoms with van der Waals surface area (Å²) in [5.74, 6) is 0.0111. The third-order valence-corrected chi connectivity index (χ3v) is 8.23. The summed E-state index contributed by atoms with van der Waals surface area (Å²) in [4.78, 5) is 40.8. The third kappa shape index (κ3) is 9.32. The maximum atomic E-state index is 13.0. The number of rotatable bonds is 12. The molecule has 3 amide bonds. The van der Waals surface area contributed by atoms with Gasteiger partial charge in [0.15, 0.2) is 0 Å². The predicted octanol–water partition coefficient (Wildman–Crippen LogP) is 5.54. The Labute approximate surface area is 278 Å². The van der Waals surface area contributed by atoms with Crippen LogP contribution in [0.3, 0.4) is 0 Å². The van der Waals surface area contributed by atoms with Gasteiger partial charge in [0.1, 0.15) is 5.69 Å². The average molecular weight is 665 g/mol. The number of halogens is 2. The molecule has 0 spiro atoms. The molecule has 12 heteroatoms. The smallest absolute Gasteiger partial charge is 0.323 e. The van der Waals surface area contributed by atoms with Gasteiger partial charge in [0.25, 0.3) is 5.56 Å². The zero-order chi connectivity index (χ0) is 33.1. The Balaban J connectivity index is 1.47. The Morgan fingerprint density at radius 2 is 1.74 bits per heavy atom. The summed E-state index contributed by atoms with van der Waals surface area (Å²) in [7, 11) is 0. The van der Waals surface area contributed by atoms with E-state index in [-0.39, 0.29) is 33.9 Å². The fourth-order valence-corrected chi connectivity index (χ4v) is 5.48. The molecule has 46 heavy (non-hydrogen) atoms. The fraction of sp³-hybridized carbons (Fsp3) is 0.294. The lowest BCUT2D eigenvalue weighted by molar-refractivity contribution is -0.120. The molecule has 0 saturated carbocycles. The van der Waals surface area contributed by atoms with Crippen molar-refractivity contribution < 1.29 is 9.59 Å². The lowest BCUT2D eigenvalue weighted by atomic mass is 9.99. The molecule has 10 nitrogen and oxygen atoms in total. The molecule has 0 unspecified atom stereocenters. The van der Waals surface area contributed by atoms with Gasteiger partial charge in [-0.1, -0.05) is 78.7 Å². The first-order valence-corrected chi connectivity index (χ1v) is 16.0. The molecule has 2 aromatic carbocycles. The minimum absolute atomic E-state index is 0.00206. The van der Waals surface area contributed by atoms with Crippen molar-refractivity contribution >= 4 is 40.8 Å². The Morgan fingerprint density at radius 1 is 1.02 bits per heavy atom. The molecular formula is C34H39Cl2N7O3. The molecule has 5 N–H and O–H groups in total. The van der Waals surface area contributed by atoms with E-state index in [0.29, 0.717) is 18.7 Å². The number of nitrogens with one attached hydrogen (secondary N) is 3. The van der Waals surface area contributed by atoms with Crippen molar-refractivity contribution in [2.45, 2.75) is 39.2 Å². The SMILES string of the molecule is C=C/C(Cl)=C(NC(=O)Nc1cc(-c2cccc(-c3ccc(CC(=O)NCCN4CCCCC4)cc3)c2)nn(CC)c1=O)\C(Cl)=C/N. The number of hydrogen-bond acceptors (Lipinski definition) is 6. The number of benzene rings is 2. The summed E-state index contributed by atoms with van der Waals surface area (Å²) in [6.45, 7) is 9.41. The number of carbonyl (C=O) groups excluding carboxylic acids is 2. The van der Waals surface area contributed by atoms with Crippen LogP contribution in [-0.4, -0.2) is 52.8 Å². The molecule has 1 aliphatic rings. The number of likely N-dealkylation sites (tertiary alicyclic amines) is 1. The maximum absolute atomic E-state index is 13.0. The van der Waals surface area contributed by atoms with Gasteiger partial charge in [-0.25, -0.2) is 9.48 Å². The quantitative estimate of drug-likeness (QED) is 0.188. The van der Waals surface area contributed by atoms with E-state index in [0.717, 1.165) is 48.1 Å². The lowest BCUT2D eigenvalue weighted by Crippen LogP contribution is -2.38. The Bertz CT molecular complexity index is 1680. The van der Waals surface area contributed by atoms with Gasteiger partial charge in [-0.15, -0.1) is 0 Å². The van der Waals surface area contributed by atoms with Crippen LogP contribution < -0.4 is 27.2 Å². The predicted molar refractivity (Wildman–Crippen MR) is 185 cm³/mol. The molecule has 0 radical (unpaired) electrons. The molecule has 2 heterocycles. The number of nitrogens with zero attached hydrogens (tertiary/aromatic N) is 3. The van der Waals surface area contributed by atoms with E-state index in [2.05, 4.69) is 32.5 Å². The molecule has 4 rings (SSSR count). The number of urea groups is 1. The van der Waals surface area contributed by atoms with Crippen LogP contribution in [-0.2, 0) is 17.8 Å². The number of hydrogen-bond donors (Lipinski definition) is 4. The second kappa shape index (κ2) is 16.8.